The molecule has 2 atom stereocenters. The lowest BCUT2D eigenvalue weighted by Crippen LogP contribution is -2.40. The third kappa shape index (κ3) is 4.11. The molecule has 0 saturated carbocycles. The van der Waals surface area contributed by atoms with E-state index in [2.05, 4.69) is 20.7 Å². The van der Waals surface area contributed by atoms with Crippen LogP contribution >= 0.6 is 24.0 Å². The van der Waals surface area contributed by atoms with Crippen LogP contribution in [0.15, 0.2) is 24.3 Å². The van der Waals surface area contributed by atoms with E-state index in [1.54, 1.807) is 12.1 Å². The number of fused-ring (bicyclic) bond motifs is 2. The van der Waals surface area contributed by atoms with Crippen LogP contribution in [0.1, 0.15) is 19.3 Å². The van der Waals surface area contributed by atoms with Crippen LogP contribution in [-0.4, -0.2) is 56.2 Å². The van der Waals surface area contributed by atoms with Gasteiger partial charge in [-0.2, -0.15) is 4.80 Å². The topological polar surface area (TPSA) is 75.9 Å². The fourth-order valence-electron chi connectivity index (χ4n) is 3.42. The number of carbonyl (C=O) groups excluding carboxylic acids is 1. The molecule has 3 heterocycles. The quantitative estimate of drug-likeness (QED) is 0.875. The molecule has 0 aliphatic carbocycles. The molecule has 2 aliphatic rings. The van der Waals surface area contributed by atoms with Gasteiger partial charge < -0.3 is 10.2 Å². The Labute approximate surface area is 157 Å². The molecule has 2 aromatic rings. The first-order valence-electron chi connectivity index (χ1n) is 8.25. The molecule has 0 spiro atoms. The summed E-state index contributed by atoms with van der Waals surface area (Å²) in [5.41, 5.74) is 0.828. The zero-order valence-corrected chi connectivity index (χ0v) is 15.2. The van der Waals surface area contributed by atoms with Crippen LogP contribution in [-0.2, 0) is 11.3 Å². The molecule has 0 radical (unpaired) electrons. The van der Waals surface area contributed by atoms with Gasteiger partial charge in [-0.1, -0.05) is 11.6 Å². The van der Waals surface area contributed by atoms with Crippen LogP contribution in [0.4, 0.5) is 0 Å². The summed E-state index contributed by atoms with van der Waals surface area (Å²) in [4.78, 5) is 15.8. The van der Waals surface area contributed by atoms with Gasteiger partial charge in [0.05, 0.1) is 0 Å². The van der Waals surface area contributed by atoms with E-state index in [1.165, 1.54) is 11.2 Å². The first-order chi connectivity index (χ1) is 11.7. The van der Waals surface area contributed by atoms with Gasteiger partial charge in [-0.05, 0) is 48.7 Å². The van der Waals surface area contributed by atoms with Gasteiger partial charge in [0.2, 0.25) is 11.7 Å². The molecule has 25 heavy (non-hydrogen) atoms. The molecule has 2 saturated heterocycles. The fraction of sp³-hybridized carbons (Fsp3) is 0.500. The highest BCUT2D eigenvalue weighted by Gasteiger charge is 2.31. The molecule has 1 aromatic heterocycles. The fourth-order valence-corrected chi connectivity index (χ4v) is 3.54. The maximum absolute atomic E-state index is 12.5. The van der Waals surface area contributed by atoms with E-state index < -0.39 is 0 Å². The molecule has 2 bridgehead atoms. The summed E-state index contributed by atoms with van der Waals surface area (Å²) in [6.07, 6.45) is 3.39. The molecular weight excluding hydrogens is 363 g/mol. The van der Waals surface area contributed by atoms with Gasteiger partial charge in [0, 0.05) is 35.8 Å². The van der Waals surface area contributed by atoms with Crippen molar-refractivity contribution in [3.05, 3.63) is 29.3 Å². The Hall–Kier alpha value is -1.70. The number of carbonyl (C=O) groups is 1. The smallest absolute Gasteiger partial charge is 0.246 e. The van der Waals surface area contributed by atoms with Crippen molar-refractivity contribution in [3.8, 4) is 11.4 Å². The Morgan fingerprint density at radius 3 is 2.76 bits per heavy atom. The molecule has 134 valence electrons. The zero-order valence-electron chi connectivity index (χ0n) is 13.6. The Morgan fingerprint density at radius 1 is 1.20 bits per heavy atom. The largest absolute Gasteiger partial charge is 0.339 e. The molecule has 4 rings (SSSR count). The number of likely N-dealkylation sites (tertiary alicyclic amines) is 1. The summed E-state index contributed by atoms with van der Waals surface area (Å²) >= 11 is 5.88. The summed E-state index contributed by atoms with van der Waals surface area (Å²) in [6.45, 7) is 1.69. The summed E-state index contributed by atoms with van der Waals surface area (Å²) in [6, 6.07) is 8.22. The van der Waals surface area contributed by atoms with Crippen LogP contribution in [0, 0.1) is 0 Å². The first-order valence-corrected chi connectivity index (χ1v) is 8.63. The van der Waals surface area contributed by atoms with Crippen LogP contribution in [0.5, 0.6) is 0 Å². The Kier molecular flexibility index (Phi) is 5.56. The second-order valence-corrected chi connectivity index (χ2v) is 6.85. The lowest BCUT2D eigenvalue weighted by Gasteiger charge is -2.23. The molecule has 1 aromatic carbocycles. The molecular formula is C16H20Cl2N6O. The average molecular weight is 383 g/mol. The van der Waals surface area contributed by atoms with Gasteiger partial charge >= 0.3 is 0 Å². The third-order valence-electron chi connectivity index (χ3n) is 4.71. The monoisotopic (exact) mass is 382 g/mol. The van der Waals surface area contributed by atoms with E-state index >= 15 is 0 Å². The summed E-state index contributed by atoms with van der Waals surface area (Å²) in [5.74, 6) is 0.542. The van der Waals surface area contributed by atoms with Crippen molar-refractivity contribution in [2.24, 2.45) is 0 Å². The zero-order chi connectivity index (χ0) is 16.5. The highest BCUT2D eigenvalue weighted by molar-refractivity contribution is 6.30. The summed E-state index contributed by atoms with van der Waals surface area (Å²) < 4.78 is 0. The van der Waals surface area contributed by atoms with Gasteiger partial charge in [-0.15, -0.1) is 22.6 Å². The Balaban J connectivity index is 0.00000182. The maximum atomic E-state index is 12.5. The van der Waals surface area contributed by atoms with E-state index in [9.17, 15) is 4.79 Å². The molecule has 2 aliphatic heterocycles. The average Bonchev–Trinajstić information content (AvgIpc) is 3.14. The molecule has 7 nitrogen and oxygen atoms in total. The van der Waals surface area contributed by atoms with Gasteiger partial charge in [0.25, 0.3) is 0 Å². The lowest BCUT2D eigenvalue weighted by atomic mass is 10.1. The SMILES string of the molecule is Cl.O=C(Cn1nnc(-c2ccc(Cl)cc2)n1)N1CCC2CCC(C1)N2. The van der Waals surface area contributed by atoms with Crippen LogP contribution in [0.3, 0.4) is 0 Å². The highest BCUT2D eigenvalue weighted by atomic mass is 35.5. The van der Waals surface area contributed by atoms with Crippen molar-refractivity contribution in [2.45, 2.75) is 37.9 Å². The van der Waals surface area contributed by atoms with E-state index in [0.29, 0.717) is 22.9 Å². The minimum Gasteiger partial charge on any atom is -0.339 e. The number of hydrogen-bond donors (Lipinski definition) is 1. The minimum atomic E-state index is 0. The van der Waals surface area contributed by atoms with Crippen LogP contribution in [0.2, 0.25) is 5.02 Å². The standard InChI is InChI=1S/C16H19ClN6O.ClH/c17-12-3-1-11(2-4-12)16-19-21-23(20-16)10-15(24)22-8-7-13-5-6-14(9-22)18-13;/h1-4,13-14,18H,5-10H2;1H. The van der Waals surface area contributed by atoms with Crippen molar-refractivity contribution in [1.29, 1.82) is 0 Å². The molecule has 1 amide bonds. The van der Waals surface area contributed by atoms with E-state index in [0.717, 1.165) is 31.5 Å². The van der Waals surface area contributed by atoms with Crippen molar-refractivity contribution in [3.63, 3.8) is 0 Å². The summed E-state index contributed by atoms with van der Waals surface area (Å²) in [7, 11) is 0. The van der Waals surface area contributed by atoms with E-state index in [-0.39, 0.29) is 24.9 Å². The van der Waals surface area contributed by atoms with Crippen molar-refractivity contribution in [1.82, 2.24) is 30.4 Å². The normalized spacial score (nSPS) is 22.4. The van der Waals surface area contributed by atoms with E-state index in [1.807, 2.05) is 17.0 Å². The number of amides is 1. The first kappa shape index (κ1) is 18.1. The number of rotatable bonds is 3. The second kappa shape index (κ2) is 7.68. The predicted molar refractivity (Wildman–Crippen MR) is 96.7 cm³/mol. The Morgan fingerprint density at radius 2 is 1.96 bits per heavy atom. The minimum absolute atomic E-state index is 0. The highest BCUT2D eigenvalue weighted by Crippen LogP contribution is 2.21. The van der Waals surface area contributed by atoms with Gasteiger partial charge in [-0.3, -0.25) is 4.79 Å². The van der Waals surface area contributed by atoms with Gasteiger partial charge in [-0.25, -0.2) is 0 Å². The molecule has 2 fully saturated rings. The predicted octanol–water partition coefficient (Wildman–Crippen LogP) is 1.77. The molecule has 9 heteroatoms. The number of nitrogens with one attached hydrogen (secondary N) is 1. The molecule has 2 unspecified atom stereocenters. The van der Waals surface area contributed by atoms with Gasteiger partial charge in [0.15, 0.2) is 0 Å². The second-order valence-electron chi connectivity index (χ2n) is 6.42. The number of nitrogens with zero attached hydrogens (tertiary/aromatic N) is 5. The third-order valence-corrected chi connectivity index (χ3v) is 4.96. The number of hydrogen-bond acceptors (Lipinski definition) is 5. The van der Waals surface area contributed by atoms with Crippen LogP contribution in [0.25, 0.3) is 11.4 Å². The number of benzene rings is 1. The summed E-state index contributed by atoms with van der Waals surface area (Å²) in [5, 5.41) is 16.6. The van der Waals surface area contributed by atoms with Crippen molar-refractivity contribution in [2.75, 3.05) is 13.1 Å². The van der Waals surface area contributed by atoms with Crippen molar-refractivity contribution < 1.29 is 4.79 Å². The van der Waals surface area contributed by atoms with Gasteiger partial charge in [0.1, 0.15) is 6.54 Å². The van der Waals surface area contributed by atoms with Crippen molar-refractivity contribution >= 4 is 29.9 Å². The van der Waals surface area contributed by atoms with E-state index in [4.69, 9.17) is 11.6 Å². The number of aromatic nitrogens is 4. The molecule has 1 N–H and O–H groups in total. The Bertz CT molecular complexity index is 734. The number of halogens is 2. The number of tetrazole rings is 1. The van der Waals surface area contributed by atoms with Crippen LogP contribution < -0.4 is 5.32 Å². The lowest BCUT2D eigenvalue weighted by molar-refractivity contribution is -0.132. The maximum Gasteiger partial charge on any atom is 0.246 e.